The predicted octanol–water partition coefficient (Wildman–Crippen LogP) is 1.69. The second-order valence-electron chi connectivity index (χ2n) is 6.69. The lowest BCUT2D eigenvalue weighted by Gasteiger charge is -2.18. The van der Waals surface area contributed by atoms with Gasteiger partial charge in [0.15, 0.2) is 0 Å². The summed E-state index contributed by atoms with van der Waals surface area (Å²) in [5, 5.41) is 2.80. The fourth-order valence-corrected chi connectivity index (χ4v) is 3.81. The van der Waals surface area contributed by atoms with Gasteiger partial charge in [0.05, 0.1) is 18.6 Å². The Kier molecular flexibility index (Phi) is 7.56. The molecule has 0 atom stereocenters. The number of hydrogen-bond acceptors (Lipinski definition) is 5. The lowest BCUT2D eigenvalue weighted by molar-refractivity contribution is -0.122. The molecule has 1 N–H and O–H groups in total. The van der Waals surface area contributed by atoms with Crippen molar-refractivity contribution in [2.24, 2.45) is 0 Å². The third-order valence-electron chi connectivity index (χ3n) is 4.23. The fourth-order valence-electron chi connectivity index (χ4n) is 2.69. The molecule has 0 unspecified atom stereocenters. The second-order valence-corrected chi connectivity index (χ2v) is 8.81. The summed E-state index contributed by atoms with van der Waals surface area (Å²) in [5.41, 5.74) is 1.63. The minimum absolute atomic E-state index is 0.151. The van der Waals surface area contributed by atoms with Gasteiger partial charge in [0.25, 0.3) is 0 Å². The number of carbonyl (C=O) groups is 1. The highest BCUT2D eigenvalue weighted by Crippen LogP contribution is 2.18. The molecule has 2 aromatic carbocycles. The first-order valence-corrected chi connectivity index (χ1v) is 10.3. The summed E-state index contributed by atoms with van der Waals surface area (Å²) in [6.45, 7) is 0.968. The standard InChI is InChI=1S/C20H27N3O4S/c1-22(2)28(25,26)19-8-6-5-7-17(19)13-21-20(24)15-23(3)14-16-9-11-18(27-4)12-10-16/h5-12H,13-15H2,1-4H3,(H,21,24). The van der Waals surface area contributed by atoms with E-state index in [2.05, 4.69) is 5.32 Å². The molecule has 0 bridgehead atoms. The van der Waals surface area contributed by atoms with Crippen molar-refractivity contribution < 1.29 is 17.9 Å². The van der Waals surface area contributed by atoms with E-state index in [1.807, 2.05) is 36.2 Å². The van der Waals surface area contributed by atoms with E-state index in [0.29, 0.717) is 12.1 Å². The van der Waals surface area contributed by atoms with Crippen LogP contribution in [0.4, 0.5) is 0 Å². The molecule has 0 aliphatic carbocycles. The van der Waals surface area contributed by atoms with E-state index in [-0.39, 0.29) is 23.9 Å². The Morgan fingerprint density at radius 3 is 2.29 bits per heavy atom. The lowest BCUT2D eigenvalue weighted by atomic mass is 10.2. The topological polar surface area (TPSA) is 79.0 Å². The van der Waals surface area contributed by atoms with E-state index in [0.717, 1.165) is 15.6 Å². The number of hydrogen-bond donors (Lipinski definition) is 1. The number of benzene rings is 2. The monoisotopic (exact) mass is 405 g/mol. The molecule has 2 aromatic rings. The lowest BCUT2D eigenvalue weighted by Crippen LogP contribution is -2.35. The van der Waals surface area contributed by atoms with Crippen LogP contribution in [0, 0.1) is 0 Å². The Morgan fingerprint density at radius 2 is 1.68 bits per heavy atom. The highest BCUT2D eigenvalue weighted by atomic mass is 32.2. The number of carbonyl (C=O) groups excluding carboxylic acids is 1. The number of methoxy groups -OCH3 is 1. The van der Waals surface area contributed by atoms with Crippen LogP contribution in [0.5, 0.6) is 5.75 Å². The first-order chi connectivity index (χ1) is 13.2. The zero-order chi connectivity index (χ0) is 20.7. The smallest absolute Gasteiger partial charge is 0.242 e. The van der Waals surface area contributed by atoms with Gasteiger partial charge in [0.2, 0.25) is 15.9 Å². The predicted molar refractivity (Wildman–Crippen MR) is 108 cm³/mol. The summed E-state index contributed by atoms with van der Waals surface area (Å²) < 4.78 is 31.1. The van der Waals surface area contributed by atoms with E-state index >= 15 is 0 Å². The number of nitrogens with one attached hydrogen (secondary N) is 1. The average molecular weight is 406 g/mol. The number of ether oxygens (including phenoxy) is 1. The molecule has 0 heterocycles. The van der Waals surface area contributed by atoms with Crippen LogP contribution >= 0.6 is 0 Å². The van der Waals surface area contributed by atoms with Gasteiger partial charge in [-0.1, -0.05) is 30.3 Å². The van der Waals surface area contributed by atoms with Crippen molar-refractivity contribution >= 4 is 15.9 Å². The van der Waals surface area contributed by atoms with Crippen LogP contribution in [-0.4, -0.2) is 58.3 Å². The van der Waals surface area contributed by atoms with Gasteiger partial charge in [0.1, 0.15) is 5.75 Å². The Labute approximate surface area is 167 Å². The molecule has 0 aliphatic heterocycles. The molecule has 1 amide bonds. The first-order valence-electron chi connectivity index (χ1n) is 8.82. The molecule has 0 radical (unpaired) electrons. The Bertz CT molecular complexity index is 896. The van der Waals surface area contributed by atoms with Crippen LogP contribution in [0.1, 0.15) is 11.1 Å². The largest absolute Gasteiger partial charge is 0.497 e. The molecule has 7 nitrogen and oxygen atoms in total. The number of rotatable bonds is 9. The van der Waals surface area contributed by atoms with Gasteiger partial charge in [-0.25, -0.2) is 12.7 Å². The van der Waals surface area contributed by atoms with Crippen molar-refractivity contribution in [2.75, 3.05) is 34.8 Å². The van der Waals surface area contributed by atoms with E-state index in [1.54, 1.807) is 31.4 Å². The van der Waals surface area contributed by atoms with Crippen LogP contribution in [0.25, 0.3) is 0 Å². The van der Waals surface area contributed by atoms with Crippen molar-refractivity contribution in [1.29, 1.82) is 0 Å². The molecule has 8 heteroatoms. The summed E-state index contributed by atoms with van der Waals surface area (Å²) in [5.74, 6) is 0.614. The maximum absolute atomic E-state index is 12.4. The third kappa shape index (κ3) is 5.79. The average Bonchev–Trinajstić information content (AvgIpc) is 2.67. The van der Waals surface area contributed by atoms with E-state index in [4.69, 9.17) is 4.74 Å². The fraction of sp³-hybridized carbons (Fsp3) is 0.350. The van der Waals surface area contributed by atoms with E-state index in [1.165, 1.54) is 14.1 Å². The highest BCUT2D eigenvalue weighted by Gasteiger charge is 2.20. The van der Waals surface area contributed by atoms with Crippen molar-refractivity contribution in [1.82, 2.24) is 14.5 Å². The van der Waals surface area contributed by atoms with Gasteiger partial charge in [-0.2, -0.15) is 0 Å². The second kappa shape index (κ2) is 9.68. The molecule has 0 saturated carbocycles. The number of amides is 1. The van der Waals surface area contributed by atoms with Crippen molar-refractivity contribution in [3.63, 3.8) is 0 Å². The summed E-state index contributed by atoms with van der Waals surface area (Å²) in [6.07, 6.45) is 0. The molecular formula is C20H27N3O4S. The minimum Gasteiger partial charge on any atom is -0.497 e. The quantitative estimate of drug-likeness (QED) is 0.687. The third-order valence-corrected chi connectivity index (χ3v) is 6.15. The summed E-state index contributed by atoms with van der Waals surface area (Å²) in [4.78, 5) is 14.4. The Hall–Kier alpha value is -2.42. The van der Waals surface area contributed by atoms with Crippen molar-refractivity contribution in [3.8, 4) is 5.75 Å². The number of nitrogens with zero attached hydrogens (tertiary/aromatic N) is 2. The van der Waals surface area contributed by atoms with Gasteiger partial charge in [-0.15, -0.1) is 0 Å². The van der Waals surface area contributed by atoms with Gasteiger partial charge in [0, 0.05) is 27.2 Å². The van der Waals surface area contributed by atoms with Gasteiger partial charge >= 0.3 is 0 Å². The van der Waals surface area contributed by atoms with E-state index < -0.39 is 10.0 Å². The molecule has 28 heavy (non-hydrogen) atoms. The Balaban J connectivity index is 1.94. The van der Waals surface area contributed by atoms with Crippen LogP contribution in [-0.2, 0) is 27.9 Å². The summed E-state index contributed by atoms with van der Waals surface area (Å²) >= 11 is 0. The van der Waals surface area contributed by atoms with E-state index in [9.17, 15) is 13.2 Å². The van der Waals surface area contributed by atoms with Crippen LogP contribution < -0.4 is 10.1 Å². The summed E-state index contributed by atoms with van der Waals surface area (Å²) in [7, 11) is 2.88. The maximum atomic E-state index is 12.4. The zero-order valence-corrected chi connectivity index (χ0v) is 17.5. The molecular weight excluding hydrogens is 378 g/mol. The van der Waals surface area contributed by atoms with Crippen LogP contribution in [0.3, 0.4) is 0 Å². The molecule has 0 aromatic heterocycles. The molecule has 0 saturated heterocycles. The van der Waals surface area contributed by atoms with Crippen LogP contribution in [0.15, 0.2) is 53.4 Å². The first kappa shape index (κ1) is 21.9. The number of sulfonamides is 1. The van der Waals surface area contributed by atoms with Gasteiger partial charge < -0.3 is 10.1 Å². The molecule has 0 fully saturated rings. The Morgan fingerprint density at radius 1 is 1.04 bits per heavy atom. The maximum Gasteiger partial charge on any atom is 0.242 e. The zero-order valence-electron chi connectivity index (χ0n) is 16.7. The molecule has 0 aliphatic rings. The molecule has 2 rings (SSSR count). The minimum atomic E-state index is -3.56. The van der Waals surface area contributed by atoms with Crippen molar-refractivity contribution in [3.05, 3.63) is 59.7 Å². The highest BCUT2D eigenvalue weighted by molar-refractivity contribution is 7.89. The summed E-state index contributed by atoms with van der Waals surface area (Å²) in [6, 6.07) is 14.3. The molecule has 152 valence electrons. The molecule has 0 spiro atoms. The van der Waals surface area contributed by atoms with Crippen LogP contribution in [0.2, 0.25) is 0 Å². The normalized spacial score (nSPS) is 11.6. The van der Waals surface area contributed by atoms with Gasteiger partial charge in [-0.05, 0) is 36.4 Å². The van der Waals surface area contributed by atoms with Crippen molar-refractivity contribution in [2.45, 2.75) is 18.0 Å². The van der Waals surface area contributed by atoms with Gasteiger partial charge in [-0.3, -0.25) is 9.69 Å². The SMILES string of the molecule is COc1ccc(CN(C)CC(=O)NCc2ccccc2S(=O)(=O)N(C)C)cc1. The number of likely N-dealkylation sites (N-methyl/N-ethyl adjacent to an activating group) is 1.